The second-order valence-electron chi connectivity index (χ2n) is 12.9. The van der Waals surface area contributed by atoms with Crippen molar-refractivity contribution >= 4 is 38.6 Å². The van der Waals surface area contributed by atoms with E-state index in [9.17, 15) is 0 Å². The number of anilines is 3. The molecule has 1 nitrogen and oxygen atoms in total. The van der Waals surface area contributed by atoms with Crippen LogP contribution in [0.4, 0.5) is 17.1 Å². The molecule has 0 spiro atoms. The molecule has 0 fully saturated rings. The minimum atomic E-state index is 1.09. The summed E-state index contributed by atoms with van der Waals surface area (Å²) in [6.45, 7) is 0. The largest absolute Gasteiger partial charge is 0.310 e. The standard InChI is InChI=1S/C50H35N/c1-4-16-36(17-5-1)38-30-32-42(33-31-38)51(43-24-14-23-40(34-43)37-18-6-2-7-19-37)49-29-15-28-45(39-20-8-3-9-21-39)50(49)48-35-41-22-10-11-25-44(41)46-26-12-13-27-47(46)48/h1-35H. The Hall–Kier alpha value is -6.70. The van der Waals surface area contributed by atoms with Gasteiger partial charge in [-0.05, 0) is 96.9 Å². The van der Waals surface area contributed by atoms with Crippen molar-refractivity contribution in [2.75, 3.05) is 4.90 Å². The first kappa shape index (κ1) is 30.4. The normalized spacial score (nSPS) is 11.1. The van der Waals surface area contributed by atoms with Crippen LogP contribution in [0.15, 0.2) is 212 Å². The first-order valence-electron chi connectivity index (χ1n) is 17.5. The van der Waals surface area contributed by atoms with E-state index in [0.29, 0.717) is 0 Å². The van der Waals surface area contributed by atoms with Crippen LogP contribution in [0, 0.1) is 0 Å². The summed E-state index contributed by atoms with van der Waals surface area (Å²) in [6.07, 6.45) is 0. The van der Waals surface area contributed by atoms with Crippen LogP contribution in [0.25, 0.3) is 66.1 Å². The molecule has 1 heteroatoms. The Balaban J connectivity index is 1.35. The van der Waals surface area contributed by atoms with Crippen LogP contribution in [0.1, 0.15) is 0 Å². The summed E-state index contributed by atoms with van der Waals surface area (Å²) in [5, 5.41) is 4.98. The van der Waals surface area contributed by atoms with Gasteiger partial charge in [-0.3, -0.25) is 0 Å². The summed E-state index contributed by atoms with van der Waals surface area (Å²) in [6, 6.07) is 76.7. The van der Waals surface area contributed by atoms with E-state index in [2.05, 4.69) is 217 Å². The van der Waals surface area contributed by atoms with E-state index in [0.717, 1.165) is 17.1 Å². The lowest BCUT2D eigenvalue weighted by Gasteiger charge is -2.30. The van der Waals surface area contributed by atoms with E-state index in [1.165, 1.54) is 66.1 Å². The second kappa shape index (κ2) is 13.3. The molecule has 0 radical (unpaired) electrons. The van der Waals surface area contributed by atoms with Crippen LogP contribution in [0.5, 0.6) is 0 Å². The molecule has 0 heterocycles. The van der Waals surface area contributed by atoms with Crippen molar-refractivity contribution in [2.45, 2.75) is 0 Å². The zero-order chi connectivity index (χ0) is 34.0. The van der Waals surface area contributed by atoms with Gasteiger partial charge >= 0.3 is 0 Å². The van der Waals surface area contributed by atoms with Crippen molar-refractivity contribution in [3.05, 3.63) is 212 Å². The first-order valence-corrected chi connectivity index (χ1v) is 17.5. The summed E-state index contributed by atoms with van der Waals surface area (Å²) in [4.78, 5) is 2.44. The Morgan fingerprint density at radius 2 is 0.804 bits per heavy atom. The predicted octanol–water partition coefficient (Wildman–Crippen LogP) is 14.1. The molecular formula is C50H35N. The van der Waals surface area contributed by atoms with Gasteiger partial charge in [-0.25, -0.2) is 0 Å². The summed E-state index contributed by atoms with van der Waals surface area (Å²) in [5.74, 6) is 0. The van der Waals surface area contributed by atoms with Gasteiger partial charge in [-0.1, -0.05) is 176 Å². The molecule has 0 aliphatic heterocycles. The van der Waals surface area contributed by atoms with Crippen molar-refractivity contribution in [1.82, 2.24) is 0 Å². The Morgan fingerprint density at radius 1 is 0.275 bits per heavy atom. The SMILES string of the molecule is c1ccc(-c2ccc(N(c3cccc(-c4ccccc4)c3)c3cccc(-c4ccccc4)c3-c3cc4ccccc4c4ccccc34)cc2)cc1. The third kappa shape index (κ3) is 5.75. The molecule has 51 heavy (non-hydrogen) atoms. The molecule has 0 bridgehead atoms. The lowest BCUT2D eigenvalue weighted by molar-refractivity contribution is 1.28. The molecule has 0 aliphatic carbocycles. The highest BCUT2D eigenvalue weighted by atomic mass is 15.1. The molecule has 240 valence electrons. The van der Waals surface area contributed by atoms with Gasteiger partial charge in [0.15, 0.2) is 0 Å². The Morgan fingerprint density at radius 3 is 1.51 bits per heavy atom. The van der Waals surface area contributed by atoms with Crippen molar-refractivity contribution in [1.29, 1.82) is 0 Å². The van der Waals surface area contributed by atoms with Crippen LogP contribution in [0.2, 0.25) is 0 Å². The van der Waals surface area contributed by atoms with E-state index >= 15 is 0 Å². The van der Waals surface area contributed by atoms with Crippen molar-refractivity contribution in [3.63, 3.8) is 0 Å². The molecule has 0 unspecified atom stereocenters. The van der Waals surface area contributed by atoms with Gasteiger partial charge in [-0.15, -0.1) is 0 Å². The molecule has 0 saturated heterocycles. The number of benzene rings is 9. The number of hydrogen-bond acceptors (Lipinski definition) is 1. The molecule has 0 N–H and O–H groups in total. The highest BCUT2D eigenvalue weighted by Gasteiger charge is 2.23. The van der Waals surface area contributed by atoms with Gasteiger partial charge in [0, 0.05) is 16.9 Å². The average molecular weight is 650 g/mol. The van der Waals surface area contributed by atoms with Crippen LogP contribution < -0.4 is 4.90 Å². The maximum absolute atomic E-state index is 2.44. The second-order valence-corrected chi connectivity index (χ2v) is 12.9. The predicted molar refractivity (Wildman–Crippen MR) is 218 cm³/mol. The van der Waals surface area contributed by atoms with Gasteiger partial charge in [0.25, 0.3) is 0 Å². The summed E-state index contributed by atoms with van der Waals surface area (Å²) in [5.41, 5.74) is 12.9. The summed E-state index contributed by atoms with van der Waals surface area (Å²) >= 11 is 0. The maximum Gasteiger partial charge on any atom is 0.0546 e. The molecule has 0 atom stereocenters. The first-order chi connectivity index (χ1) is 25.3. The Labute approximate surface area is 299 Å². The summed E-state index contributed by atoms with van der Waals surface area (Å²) in [7, 11) is 0. The third-order valence-electron chi connectivity index (χ3n) is 9.85. The zero-order valence-electron chi connectivity index (χ0n) is 28.2. The number of hydrogen-bond donors (Lipinski definition) is 0. The molecule has 0 aliphatic rings. The molecular weight excluding hydrogens is 615 g/mol. The van der Waals surface area contributed by atoms with Crippen molar-refractivity contribution in [3.8, 4) is 44.5 Å². The van der Waals surface area contributed by atoms with Gasteiger partial charge in [0.05, 0.1) is 5.69 Å². The minimum absolute atomic E-state index is 1.09. The number of rotatable bonds is 7. The quantitative estimate of drug-likeness (QED) is 0.155. The molecule has 0 amide bonds. The molecule has 9 aromatic carbocycles. The monoisotopic (exact) mass is 649 g/mol. The van der Waals surface area contributed by atoms with Crippen LogP contribution >= 0.6 is 0 Å². The van der Waals surface area contributed by atoms with Crippen LogP contribution in [0.3, 0.4) is 0 Å². The summed E-state index contributed by atoms with van der Waals surface area (Å²) < 4.78 is 0. The van der Waals surface area contributed by atoms with Crippen LogP contribution in [-0.4, -0.2) is 0 Å². The van der Waals surface area contributed by atoms with Crippen LogP contribution in [-0.2, 0) is 0 Å². The fraction of sp³-hybridized carbons (Fsp3) is 0. The van der Waals surface area contributed by atoms with Crippen molar-refractivity contribution in [2.24, 2.45) is 0 Å². The molecule has 9 aromatic rings. The Kier molecular flexibility index (Phi) is 7.92. The molecule has 9 rings (SSSR count). The highest BCUT2D eigenvalue weighted by Crippen LogP contribution is 2.48. The number of nitrogens with zero attached hydrogens (tertiary/aromatic N) is 1. The highest BCUT2D eigenvalue weighted by molar-refractivity contribution is 6.16. The average Bonchev–Trinajstić information content (AvgIpc) is 3.22. The Bertz CT molecular complexity index is 2610. The lowest BCUT2D eigenvalue weighted by atomic mass is 9.87. The lowest BCUT2D eigenvalue weighted by Crippen LogP contribution is -2.12. The molecule has 0 saturated carbocycles. The minimum Gasteiger partial charge on any atom is -0.310 e. The molecule has 0 aromatic heterocycles. The van der Waals surface area contributed by atoms with E-state index in [1.807, 2.05) is 0 Å². The van der Waals surface area contributed by atoms with Gasteiger partial charge < -0.3 is 4.90 Å². The van der Waals surface area contributed by atoms with Gasteiger partial charge in [-0.2, -0.15) is 0 Å². The van der Waals surface area contributed by atoms with Crippen molar-refractivity contribution < 1.29 is 0 Å². The van der Waals surface area contributed by atoms with E-state index in [1.54, 1.807) is 0 Å². The zero-order valence-corrected chi connectivity index (χ0v) is 28.2. The fourth-order valence-corrected chi connectivity index (χ4v) is 7.44. The smallest absolute Gasteiger partial charge is 0.0546 e. The van der Waals surface area contributed by atoms with E-state index in [4.69, 9.17) is 0 Å². The topological polar surface area (TPSA) is 3.24 Å². The maximum atomic E-state index is 2.44. The van der Waals surface area contributed by atoms with Gasteiger partial charge in [0.1, 0.15) is 0 Å². The van der Waals surface area contributed by atoms with Gasteiger partial charge in [0.2, 0.25) is 0 Å². The fourth-order valence-electron chi connectivity index (χ4n) is 7.44. The van der Waals surface area contributed by atoms with E-state index < -0.39 is 0 Å². The number of fused-ring (bicyclic) bond motifs is 3. The third-order valence-corrected chi connectivity index (χ3v) is 9.85. The van der Waals surface area contributed by atoms with E-state index in [-0.39, 0.29) is 0 Å².